The molecule has 1 saturated heterocycles. The van der Waals surface area contributed by atoms with Crippen LogP contribution in [0.5, 0.6) is 0 Å². The molecular weight excluding hydrogens is 326 g/mol. The largest absolute Gasteiger partial charge is 0.300 e. The molecule has 1 aliphatic rings. The van der Waals surface area contributed by atoms with Crippen molar-refractivity contribution in [2.45, 2.75) is 155 Å². The Balaban J connectivity index is 1.83. The normalized spacial score (nSPS) is 16.2. The van der Waals surface area contributed by atoms with Crippen LogP contribution in [0.3, 0.4) is 0 Å². The van der Waals surface area contributed by atoms with Crippen molar-refractivity contribution >= 4 is 0 Å². The molecule has 1 atom stereocenters. The molecule has 0 aliphatic carbocycles. The van der Waals surface area contributed by atoms with Gasteiger partial charge in [-0.05, 0) is 38.8 Å². The average molecular weight is 380 g/mol. The highest BCUT2D eigenvalue weighted by molar-refractivity contribution is 4.76. The Bertz CT molecular complexity index is 282. The lowest BCUT2D eigenvalue weighted by molar-refractivity contribution is 0.210. The van der Waals surface area contributed by atoms with Gasteiger partial charge in [0.05, 0.1) is 0 Å². The van der Waals surface area contributed by atoms with Crippen LogP contribution in [0.1, 0.15) is 149 Å². The third-order valence-electron chi connectivity index (χ3n) is 6.69. The molecule has 1 fully saturated rings. The van der Waals surface area contributed by atoms with Gasteiger partial charge in [-0.25, -0.2) is 0 Å². The molecule has 1 nitrogen and oxygen atoms in total. The summed E-state index contributed by atoms with van der Waals surface area (Å²) >= 11 is 0. The number of rotatable bonds is 20. The minimum absolute atomic E-state index is 0.912. The highest BCUT2D eigenvalue weighted by Gasteiger charge is 2.20. The van der Waals surface area contributed by atoms with Gasteiger partial charge in [-0.1, -0.05) is 123 Å². The van der Waals surface area contributed by atoms with Crippen LogP contribution >= 0.6 is 0 Å². The molecule has 0 N–H and O–H groups in total. The molecule has 1 heteroatoms. The highest BCUT2D eigenvalue weighted by Crippen LogP contribution is 2.21. The molecular formula is C26H53N. The van der Waals surface area contributed by atoms with E-state index in [1.807, 2.05) is 0 Å². The topological polar surface area (TPSA) is 3.24 Å². The van der Waals surface area contributed by atoms with Crippen molar-refractivity contribution in [1.29, 1.82) is 0 Å². The lowest BCUT2D eigenvalue weighted by Crippen LogP contribution is -2.32. The van der Waals surface area contributed by atoms with Crippen LogP contribution in [0.15, 0.2) is 0 Å². The molecule has 1 heterocycles. The number of nitrogens with zero attached hydrogens (tertiary/aromatic N) is 1. The van der Waals surface area contributed by atoms with E-state index in [0.29, 0.717) is 0 Å². The molecule has 162 valence electrons. The Hall–Kier alpha value is -0.0400. The zero-order valence-electron chi connectivity index (χ0n) is 19.3. The minimum atomic E-state index is 0.912. The van der Waals surface area contributed by atoms with Crippen molar-refractivity contribution in [2.24, 2.45) is 0 Å². The summed E-state index contributed by atoms with van der Waals surface area (Å²) in [5.74, 6) is 0. The molecule has 0 aromatic rings. The summed E-state index contributed by atoms with van der Waals surface area (Å²) in [5, 5.41) is 0. The molecule has 0 saturated carbocycles. The van der Waals surface area contributed by atoms with Crippen molar-refractivity contribution in [3.63, 3.8) is 0 Å². The molecule has 0 aromatic carbocycles. The first-order valence-corrected chi connectivity index (χ1v) is 13.1. The standard InChI is InChI=1S/C26H53N/c1-3-5-7-8-9-10-11-12-13-14-15-16-17-18-19-23-26(22-6-4-2)27-24-20-21-25-27/h26H,3-25H2,1-2H3. The summed E-state index contributed by atoms with van der Waals surface area (Å²) in [4.78, 5) is 2.81. The molecule has 0 aromatic heterocycles. The summed E-state index contributed by atoms with van der Waals surface area (Å²) in [6.45, 7) is 7.41. The van der Waals surface area contributed by atoms with Gasteiger partial charge in [0, 0.05) is 6.04 Å². The maximum atomic E-state index is 2.81. The Morgan fingerprint density at radius 1 is 0.481 bits per heavy atom. The third kappa shape index (κ3) is 14.6. The van der Waals surface area contributed by atoms with Gasteiger partial charge in [-0.3, -0.25) is 0 Å². The Morgan fingerprint density at radius 3 is 1.30 bits per heavy atom. The van der Waals surface area contributed by atoms with Crippen molar-refractivity contribution in [2.75, 3.05) is 13.1 Å². The van der Waals surface area contributed by atoms with Gasteiger partial charge in [0.25, 0.3) is 0 Å². The first kappa shape index (κ1) is 25.0. The molecule has 0 bridgehead atoms. The maximum absolute atomic E-state index is 2.81. The van der Waals surface area contributed by atoms with Crippen LogP contribution < -0.4 is 0 Å². The summed E-state index contributed by atoms with van der Waals surface area (Å²) in [7, 11) is 0. The molecule has 1 aliphatic heterocycles. The Morgan fingerprint density at radius 2 is 0.852 bits per heavy atom. The quantitative estimate of drug-likeness (QED) is 0.191. The predicted octanol–water partition coefficient (Wildman–Crippen LogP) is 8.90. The zero-order valence-corrected chi connectivity index (χ0v) is 19.3. The number of hydrogen-bond acceptors (Lipinski definition) is 1. The van der Waals surface area contributed by atoms with E-state index >= 15 is 0 Å². The van der Waals surface area contributed by atoms with Gasteiger partial charge in [0.15, 0.2) is 0 Å². The maximum Gasteiger partial charge on any atom is 0.00952 e. The molecule has 0 amide bonds. The average Bonchev–Trinajstić information content (AvgIpc) is 3.22. The summed E-state index contributed by atoms with van der Waals surface area (Å²) < 4.78 is 0. The van der Waals surface area contributed by atoms with E-state index in [4.69, 9.17) is 0 Å². The number of unbranched alkanes of at least 4 members (excludes halogenated alkanes) is 15. The molecule has 27 heavy (non-hydrogen) atoms. The van der Waals surface area contributed by atoms with Crippen molar-refractivity contribution in [3.8, 4) is 0 Å². The van der Waals surface area contributed by atoms with Gasteiger partial charge < -0.3 is 4.90 Å². The second kappa shape index (κ2) is 19.3. The van der Waals surface area contributed by atoms with Crippen molar-refractivity contribution in [1.82, 2.24) is 4.90 Å². The van der Waals surface area contributed by atoms with Crippen LogP contribution in [0, 0.1) is 0 Å². The molecule has 1 rings (SSSR count). The second-order valence-corrected chi connectivity index (χ2v) is 9.28. The summed E-state index contributed by atoms with van der Waals surface area (Å²) in [6.07, 6.45) is 30.7. The van der Waals surface area contributed by atoms with Gasteiger partial charge in [0.2, 0.25) is 0 Å². The molecule has 0 spiro atoms. The van der Waals surface area contributed by atoms with Crippen molar-refractivity contribution in [3.05, 3.63) is 0 Å². The SMILES string of the molecule is CCCCCCCCCCCCCCCCCC(CCCC)N1CCCC1. The van der Waals surface area contributed by atoms with Crippen molar-refractivity contribution < 1.29 is 0 Å². The van der Waals surface area contributed by atoms with E-state index in [1.54, 1.807) is 0 Å². The van der Waals surface area contributed by atoms with Crippen LogP contribution in [0.25, 0.3) is 0 Å². The lowest BCUT2D eigenvalue weighted by atomic mass is 10.00. The lowest BCUT2D eigenvalue weighted by Gasteiger charge is -2.27. The van der Waals surface area contributed by atoms with Crippen LogP contribution in [0.2, 0.25) is 0 Å². The molecule has 1 unspecified atom stereocenters. The second-order valence-electron chi connectivity index (χ2n) is 9.28. The van der Waals surface area contributed by atoms with E-state index < -0.39 is 0 Å². The molecule has 0 radical (unpaired) electrons. The van der Waals surface area contributed by atoms with E-state index in [-0.39, 0.29) is 0 Å². The van der Waals surface area contributed by atoms with Gasteiger partial charge in [-0.15, -0.1) is 0 Å². The van der Waals surface area contributed by atoms with E-state index in [1.165, 1.54) is 148 Å². The Labute approximate surface area is 173 Å². The highest BCUT2D eigenvalue weighted by atomic mass is 15.2. The fraction of sp³-hybridized carbons (Fsp3) is 1.00. The van der Waals surface area contributed by atoms with Crippen LogP contribution in [-0.2, 0) is 0 Å². The first-order valence-electron chi connectivity index (χ1n) is 13.1. The number of likely N-dealkylation sites (tertiary alicyclic amines) is 1. The monoisotopic (exact) mass is 379 g/mol. The van der Waals surface area contributed by atoms with E-state index in [9.17, 15) is 0 Å². The smallest absolute Gasteiger partial charge is 0.00952 e. The summed E-state index contributed by atoms with van der Waals surface area (Å²) in [6, 6.07) is 0.912. The number of hydrogen-bond donors (Lipinski definition) is 0. The third-order valence-corrected chi connectivity index (χ3v) is 6.69. The van der Waals surface area contributed by atoms with Gasteiger partial charge in [-0.2, -0.15) is 0 Å². The first-order chi connectivity index (χ1) is 13.4. The fourth-order valence-electron chi connectivity index (χ4n) is 4.81. The van der Waals surface area contributed by atoms with Gasteiger partial charge >= 0.3 is 0 Å². The van der Waals surface area contributed by atoms with Gasteiger partial charge in [0.1, 0.15) is 0 Å². The van der Waals surface area contributed by atoms with E-state index in [0.717, 1.165) is 6.04 Å². The van der Waals surface area contributed by atoms with E-state index in [2.05, 4.69) is 18.7 Å². The fourth-order valence-corrected chi connectivity index (χ4v) is 4.81. The van der Waals surface area contributed by atoms with Crippen LogP contribution in [-0.4, -0.2) is 24.0 Å². The predicted molar refractivity (Wildman–Crippen MR) is 124 cm³/mol. The van der Waals surface area contributed by atoms with Crippen LogP contribution in [0.4, 0.5) is 0 Å². The zero-order chi connectivity index (χ0) is 19.4. The minimum Gasteiger partial charge on any atom is -0.300 e. The summed E-state index contributed by atoms with van der Waals surface area (Å²) in [5.41, 5.74) is 0. The Kier molecular flexibility index (Phi) is 17.9.